The number of hydrogen-bond acceptors (Lipinski definition) is 4. The van der Waals surface area contributed by atoms with Crippen LogP contribution < -0.4 is 5.32 Å². The lowest BCUT2D eigenvalue weighted by molar-refractivity contribution is 0.213. The van der Waals surface area contributed by atoms with Crippen LogP contribution in [0, 0.1) is 0 Å². The van der Waals surface area contributed by atoms with Gasteiger partial charge in [-0.05, 0) is 19.8 Å². The summed E-state index contributed by atoms with van der Waals surface area (Å²) in [7, 11) is 0. The molecule has 1 N–H and O–H groups in total. The summed E-state index contributed by atoms with van der Waals surface area (Å²) >= 11 is 1.48. The van der Waals surface area contributed by atoms with E-state index in [1.807, 2.05) is 11.8 Å². The second-order valence-corrected chi connectivity index (χ2v) is 5.88. The molecule has 0 fully saturated rings. The lowest BCUT2D eigenvalue weighted by Crippen LogP contribution is -2.35. The minimum atomic E-state index is -0.0720. The van der Waals surface area contributed by atoms with Gasteiger partial charge in [-0.1, -0.05) is 44.4 Å². The van der Waals surface area contributed by atoms with Gasteiger partial charge in [-0.15, -0.1) is 10.2 Å². The Morgan fingerprint density at radius 2 is 1.90 bits per heavy atom. The first-order valence-electron chi connectivity index (χ1n) is 7.59. The molecule has 0 saturated heterocycles. The predicted octanol–water partition coefficient (Wildman–Crippen LogP) is 3.92. The number of carbonyl (C=O) groups is 1. The first kappa shape index (κ1) is 16.9. The number of urea groups is 1. The molecular formula is C14H26N4OS. The molecule has 0 unspecified atom stereocenters. The Bertz CT molecular complexity index is 394. The fourth-order valence-electron chi connectivity index (χ4n) is 1.85. The van der Waals surface area contributed by atoms with Crippen molar-refractivity contribution < 1.29 is 4.79 Å². The quantitative estimate of drug-likeness (QED) is 0.703. The van der Waals surface area contributed by atoms with E-state index in [2.05, 4.69) is 29.4 Å². The average molecular weight is 298 g/mol. The van der Waals surface area contributed by atoms with Crippen LogP contribution in [0.4, 0.5) is 9.93 Å². The second kappa shape index (κ2) is 9.69. The maximum absolute atomic E-state index is 12.1. The van der Waals surface area contributed by atoms with Gasteiger partial charge in [-0.2, -0.15) is 0 Å². The molecule has 1 aromatic rings. The fraction of sp³-hybridized carbons (Fsp3) is 0.786. The van der Waals surface area contributed by atoms with E-state index in [1.165, 1.54) is 24.2 Å². The summed E-state index contributed by atoms with van der Waals surface area (Å²) in [5.74, 6) is 0. The summed E-state index contributed by atoms with van der Waals surface area (Å²) < 4.78 is 0. The SMILES string of the molecule is CCCCCc1nnc(NC(=O)N(CC)CCCC)s1. The van der Waals surface area contributed by atoms with E-state index >= 15 is 0 Å². The van der Waals surface area contributed by atoms with Crippen LogP contribution in [0.25, 0.3) is 0 Å². The molecule has 0 aliphatic carbocycles. The number of nitrogens with one attached hydrogen (secondary N) is 1. The van der Waals surface area contributed by atoms with Crippen LogP contribution in [-0.4, -0.2) is 34.2 Å². The third kappa shape index (κ3) is 5.86. The predicted molar refractivity (Wildman–Crippen MR) is 84.3 cm³/mol. The molecule has 0 aromatic carbocycles. The summed E-state index contributed by atoms with van der Waals surface area (Å²) in [5.41, 5.74) is 0. The molecule has 0 saturated carbocycles. The lowest BCUT2D eigenvalue weighted by Gasteiger charge is -2.19. The van der Waals surface area contributed by atoms with Crippen LogP contribution >= 0.6 is 11.3 Å². The van der Waals surface area contributed by atoms with Crippen molar-refractivity contribution in [3.8, 4) is 0 Å². The highest BCUT2D eigenvalue weighted by molar-refractivity contribution is 7.15. The number of amides is 2. The molecule has 0 bridgehead atoms. The van der Waals surface area contributed by atoms with Gasteiger partial charge in [0, 0.05) is 19.5 Å². The number of anilines is 1. The topological polar surface area (TPSA) is 58.1 Å². The Balaban J connectivity index is 2.44. The van der Waals surface area contributed by atoms with Crippen LogP contribution in [0.2, 0.25) is 0 Å². The summed E-state index contributed by atoms with van der Waals surface area (Å²) in [4.78, 5) is 13.9. The highest BCUT2D eigenvalue weighted by atomic mass is 32.1. The first-order chi connectivity index (χ1) is 9.71. The van der Waals surface area contributed by atoms with Gasteiger partial charge in [0.1, 0.15) is 5.01 Å². The average Bonchev–Trinajstić information content (AvgIpc) is 2.87. The van der Waals surface area contributed by atoms with Crippen molar-refractivity contribution in [1.82, 2.24) is 15.1 Å². The summed E-state index contributed by atoms with van der Waals surface area (Å²) in [5, 5.41) is 12.6. The zero-order valence-electron chi connectivity index (χ0n) is 12.8. The number of unbranched alkanes of at least 4 members (excludes halogenated alkanes) is 3. The largest absolute Gasteiger partial charge is 0.325 e. The zero-order chi connectivity index (χ0) is 14.8. The number of nitrogens with zero attached hydrogens (tertiary/aromatic N) is 3. The third-order valence-corrected chi connectivity index (χ3v) is 4.02. The summed E-state index contributed by atoms with van der Waals surface area (Å²) in [6, 6.07) is -0.0720. The van der Waals surface area contributed by atoms with Crippen LogP contribution in [0.15, 0.2) is 0 Å². The van der Waals surface area contributed by atoms with Crippen molar-refractivity contribution in [3.05, 3.63) is 5.01 Å². The van der Waals surface area contributed by atoms with Crippen LogP contribution in [0.5, 0.6) is 0 Å². The zero-order valence-corrected chi connectivity index (χ0v) is 13.6. The molecule has 0 radical (unpaired) electrons. The van der Waals surface area contributed by atoms with Crippen LogP contribution in [0.1, 0.15) is 57.9 Å². The normalized spacial score (nSPS) is 10.6. The van der Waals surface area contributed by atoms with Gasteiger partial charge in [0.05, 0.1) is 0 Å². The lowest BCUT2D eigenvalue weighted by atomic mass is 10.2. The van der Waals surface area contributed by atoms with E-state index in [4.69, 9.17) is 0 Å². The molecule has 1 heterocycles. The van der Waals surface area contributed by atoms with Gasteiger partial charge in [0.15, 0.2) is 0 Å². The number of hydrogen-bond donors (Lipinski definition) is 1. The molecule has 0 atom stereocenters. The van der Waals surface area contributed by atoms with E-state index in [0.29, 0.717) is 11.7 Å². The molecule has 0 aliphatic rings. The van der Waals surface area contributed by atoms with Crippen LogP contribution in [0.3, 0.4) is 0 Å². The molecule has 6 heteroatoms. The van der Waals surface area contributed by atoms with Gasteiger partial charge < -0.3 is 4.90 Å². The number of carbonyl (C=O) groups excluding carboxylic acids is 1. The fourth-order valence-corrected chi connectivity index (χ4v) is 2.63. The van der Waals surface area contributed by atoms with Gasteiger partial charge in [-0.3, -0.25) is 5.32 Å². The second-order valence-electron chi connectivity index (χ2n) is 4.82. The standard InChI is InChI=1S/C14H26N4OS/c1-4-7-9-10-12-16-17-13(20-12)15-14(19)18(6-3)11-8-5-2/h4-11H2,1-3H3,(H,15,17,19). The third-order valence-electron chi connectivity index (χ3n) is 3.13. The van der Waals surface area contributed by atoms with Crippen molar-refractivity contribution in [3.63, 3.8) is 0 Å². The van der Waals surface area contributed by atoms with Gasteiger partial charge >= 0.3 is 6.03 Å². The monoisotopic (exact) mass is 298 g/mol. The van der Waals surface area contributed by atoms with Crippen molar-refractivity contribution in [2.75, 3.05) is 18.4 Å². The number of rotatable bonds is 9. The molecule has 1 rings (SSSR count). The molecule has 2 amide bonds. The first-order valence-corrected chi connectivity index (χ1v) is 8.41. The Labute approximate surface area is 125 Å². The number of aromatic nitrogens is 2. The van der Waals surface area contributed by atoms with E-state index in [1.54, 1.807) is 0 Å². The molecule has 5 nitrogen and oxygen atoms in total. The van der Waals surface area contributed by atoms with Crippen molar-refractivity contribution in [1.29, 1.82) is 0 Å². The van der Waals surface area contributed by atoms with Gasteiger partial charge in [-0.25, -0.2) is 4.79 Å². The Morgan fingerprint density at radius 1 is 1.15 bits per heavy atom. The van der Waals surface area contributed by atoms with E-state index in [0.717, 1.165) is 37.2 Å². The Morgan fingerprint density at radius 3 is 2.55 bits per heavy atom. The van der Waals surface area contributed by atoms with E-state index < -0.39 is 0 Å². The molecule has 114 valence electrons. The van der Waals surface area contributed by atoms with E-state index in [9.17, 15) is 4.79 Å². The van der Waals surface area contributed by atoms with Gasteiger partial charge in [0.25, 0.3) is 0 Å². The van der Waals surface area contributed by atoms with Crippen molar-refractivity contribution >= 4 is 22.5 Å². The molecule has 20 heavy (non-hydrogen) atoms. The summed E-state index contributed by atoms with van der Waals surface area (Å²) in [6.07, 6.45) is 6.61. The Kier molecular flexibility index (Phi) is 8.18. The van der Waals surface area contributed by atoms with Crippen molar-refractivity contribution in [2.24, 2.45) is 0 Å². The smallest absolute Gasteiger partial charge is 0.323 e. The van der Waals surface area contributed by atoms with E-state index in [-0.39, 0.29) is 6.03 Å². The number of aryl methyl sites for hydroxylation is 1. The highest BCUT2D eigenvalue weighted by Crippen LogP contribution is 2.18. The molecule has 0 aliphatic heterocycles. The molecular weight excluding hydrogens is 272 g/mol. The minimum Gasteiger partial charge on any atom is -0.325 e. The minimum absolute atomic E-state index is 0.0720. The van der Waals surface area contributed by atoms with Gasteiger partial charge in [0.2, 0.25) is 5.13 Å². The van der Waals surface area contributed by atoms with Crippen molar-refractivity contribution in [2.45, 2.75) is 59.3 Å². The maximum atomic E-state index is 12.1. The molecule has 1 aromatic heterocycles. The Hall–Kier alpha value is -1.17. The van der Waals surface area contributed by atoms with Crippen LogP contribution in [-0.2, 0) is 6.42 Å². The molecule has 0 spiro atoms. The highest BCUT2D eigenvalue weighted by Gasteiger charge is 2.13. The summed E-state index contributed by atoms with van der Waals surface area (Å²) in [6.45, 7) is 7.81. The maximum Gasteiger partial charge on any atom is 0.323 e.